The van der Waals surface area contributed by atoms with E-state index in [1.807, 2.05) is 6.92 Å². The molecule has 2 unspecified atom stereocenters. The summed E-state index contributed by atoms with van der Waals surface area (Å²) in [4.78, 5) is 0. The summed E-state index contributed by atoms with van der Waals surface area (Å²) in [6.07, 6.45) is 1.17. The Bertz CT molecular complexity index is 93.6. The Balaban J connectivity index is 3.43. The van der Waals surface area contributed by atoms with Gasteiger partial charge in [-0.2, -0.15) is 0 Å². The van der Waals surface area contributed by atoms with E-state index in [0.29, 0.717) is 6.04 Å². The van der Waals surface area contributed by atoms with Crippen LogP contribution in [0.1, 0.15) is 34.1 Å². The number of hydrogen-bond donors (Lipinski definition) is 2. The van der Waals surface area contributed by atoms with Gasteiger partial charge < -0.3 is 10.4 Å². The third-order valence-electron chi connectivity index (χ3n) is 1.67. The van der Waals surface area contributed by atoms with Crippen LogP contribution in [-0.4, -0.2) is 23.8 Å². The minimum Gasteiger partial charge on any atom is -0.395 e. The highest BCUT2D eigenvalue weighted by Gasteiger charge is 2.07. The van der Waals surface area contributed by atoms with Crippen LogP contribution in [0.2, 0.25) is 0 Å². The lowest BCUT2D eigenvalue weighted by Crippen LogP contribution is -2.37. The minimum atomic E-state index is 0.225. The van der Waals surface area contributed by atoms with Crippen molar-refractivity contribution in [3.05, 3.63) is 0 Å². The molecule has 0 amide bonds. The molecule has 0 aliphatic carbocycles. The molecule has 0 rings (SSSR count). The van der Waals surface area contributed by atoms with Gasteiger partial charge >= 0.3 is 0 Å². The summed E-state index contributed by atoms with van der Waals surface area (Å²) in [6, 6.07) is 0.737. The lowest BCUT2D eigenvalue weighted by Gasteiger charge is -2.19. The van der Waals surface area contributed by atoms with Crippen LogP contribution >= 0.6 is 0 Å². The van der Waals surface area contributed by atoms with Gasteiger partial charge in [0.2, 0.25) is 0 Å². The fourth-order valence-corrected chi connectivity index (χ4v) is 1.31. The summed E-state index contributed by atoms with van der Waals surface area (Å²) >= 11 is 0. The van der Waals surface area contributed by atoms with E-state index in [2.05, 4.69) is 26.1 Å². The smallest absolute Gasteiger partial charge is 0.0582 e. The number of aliphatic hydroxyl groups excluding tert-OH is 1. The Morgan fingerprint density at radius 2 is 1.64 bits per heavy atom. The van der Waals surface area contributed by atoms with E-state index in [1.165, 1.54) is 6.42 Å². The number of hydrogen-bond acceptors (Lipinski definition) is 2. The SMILES string of the molecule is CC(C)CC(C)NC(C)CO. The van der Waals surface area contributed by atoms with Gasteiger partial charge in [-0.15, -0.1) is 0 Å². The number of rotatable bonds is 5. The first-order chi connectivity index (χ1) is 5.06. The Morgan fingerprint density at radius 3 is 2.00 bits per heavy atom. The van der Waals surface area contributed by atoms with Crippen LogP contribution in [0.15, 0.2) is 0 Å². The van der Waals surface area contributed by atoms with Gasteiger partial charge in [-0.3, -0.25) is 0 Å². The monoisotopic (exact) mass is 159 g/mol. The van der Waals surface area contributed by atoms with Crippen molar-refractivity contribution in [2.75, 3.05) is 6.61 Å². The second-order valence-corrected chi connectivity index (χ2v) is 3.78. The molecular weight excluding hydrogens is 138 g/mol. The predicted octanol–water partition coefficient (Wildman–Crippen LogP) is 1.39. The molecule has 0 aliphatic heterocycles. The van der Waals surface area contributed by atoms with Crippen LogP contribution in [0, 0.1) is 5.92 Å². The van der Waals surface area contributed by atoms with E-state index in [1.54, 1.807) is 0 Å². The highest BCUT2D eigenvalue weighted by Crippen LogP contribution is 2.04. The molecule has 0 saturated carbocycles. The van der Waals surface area contributed by atoms with Crippen LogP contribution in [0.5, 0.6) is 0 Å². The summed E-state index contributed by atoms with van der Waals surface area (Å²) in [5.41, 5.74) is 0. The van der Waals surface area contributed by atoms with E-state index < -0.39 is 0 Å². The molecule has 0 radical (unpaired) electrons. The van der Waals surface area contributed by atoms with Crippen molar-refractivity contribution in [1.82, 2.24) is 5.32 Å². The maximum atomic E-state index is 8.76. The van der Waals surface area contributed by atoms with Crippen molar-refractivity contribution in [2.45, 2.75) is 46.2 Å². The standard InChI is InChI=1S/C9H21NO/c1-7(2)5-8(3)10-9(4)6-11/h7-11H,5-6H2,1-4H3. The topological polar surface area (TPSA) is 32.3 Å². The zero-order valence-corrected chi connectivity index (χ0v) is 8.09. The minimum absolute atomic E-state index is 0.225. The molecule has 2 nitrogen and oxygen atoms in total. The van der Waals surface area contributed by atoms with Crippen molar-refractivity contribution in [1.29, 1.82) is 0 Å². The molecule has 0 aromatic heterocycles. The molecular formula is C9H21NO. The molecule has 2 N–H and O–H groups in total. The number of aliphatic hydroxyl groups is 1. The first-order valence-electron chi connectivity index (χ1n) is 4.43. The molecule has 2 heteroatoms. The van der Waals surface area contributed by atoms with Crippen molar-refractivity contribution in [3.8, 4) is 0 Å². The van der Waals surface area contributed by atoms with Gasteiger partial charge in [0, 0.05) is 12.1 Å². The summed E-state index contributed by atoms with van der Waals surface area (Å²) < 4.78 is 0. The lowest BCUT2D eigenvalue weighted by atomic mass is 10.0. The summed E-state index contributed by atoms with van der Waals surface area (Å²) in [5.74, 6) is 0.725. The van der Waals surface area contributed by atoms with E-state index in [-0.39, 0.29) is 12.6 Å². The van der Waals surface area contributed by atoms with Gasteiger partial charge in [-0.1, -0.05) is 13.8 Å². The Hall–Kier alpha value is -0.0800. The van der Waals surface area contributed by atoms with Crippen molar-refractivity contribution in [2.24, 2.45) is 5.92 Å². The van der Waals surface area contributed by atoms with Crippen molar-refractivity contribution >= 4 is 0 Å². The van der Waals surface area contributed by atoms with Gasteiger partial charge in [0.25, 0.3) is 0 Å². The molecule has 0 bridgehead atoms. The summed E-state index contributed by atoms with van der Waals surface area (Å²) in [5, 5.41) is 12.1. The molecule has 0 fully saturated rings. The Morgan fingerprint density at radius 1 is 1.09 bits per heavy atom. The molecule has 0 spiro atoms. The Kier molecular flexibility index (Phi) is 5.51. The molecule has 11 heavy (non-hydrogen) atoms. The quantitative estimate of drug-likeness (QED) is 0.635. The van der Waals surface area contributed by atoms with Crippen LogP contribution in [0.4, 0.5) is 0 Å². The van der Waals surface area contributed by atoms with Crippen LogP contribution in [0.25, 0.3) is 0 Å². The highest BCUT2D eigenvalue weighted by molar-refractivity contribution is 4.67. The van der Waals surface area contributed by atoms with E-state index >= 15 is 0 Å². The van der Waals surface area contributed by atoms with Crippen molar-refractivity contribution < 1.29 is 5.11 Å². The third kappa shape index (κ3) is 6.32. The van der Waals surface area contributed by atoms with Crippen LogP contribution in [0.3, 0.4) is 0 Å². The van der Waals surface area contributed by atoms with Gasteiger partial charge in [-0.05, 0) is 26.2 Å². The second-order valence-electron chi connectivity index (χ2n) is 3.78. The summed E-state index contributed by atoms with van der Waals surface area (Å²) in [7, 11) is 0. The largest absolute Gasteiger partial charge is 0.395 e. The van der Waals surface area contributed by atoms with Crippen molar-refractivity contribution in [3.63, 3.8) is 0 Å². The lowest BCUT2D eigenvalue weighted by molar-refractivity contribution is 0.237. The van der Waals surface area contributed by atoms with Gasteiger partial charge in [0.05, 0.1) is 6.61 Å². The van der Waals surface area contributed by atoms with Gasteiger partial charge in [0.1, 0.15) is 0 Å². The molecule has 0 heterocycles. The Labute approximate surface area is 70.0 Å². The maximum absolute atomic E-state index is 8.76. The van der Waals surface area contributed by atoms with Gasteiger partial charge in [0.15, 0.2) is 0 Å². The molecule has 0 aromatic rings. The molecule has 0 saturated heterocycles. The molecule has 2 atom stereocenters. The first kappa shape index (κ1) is 10.9. The highest BCUT2D eigenvalue weighted by atomic mass is 16.3. The normalized spacial score (nSPS) is 16.9. The number of nitrogens with one attached hydrogen (secondary N) is 1. The maximum Gasteiger partial charge on any atom is 0.0582 e. The average molecular weight is 159 g/mol. The summed E-state index contributed by atoms with van der Waals surface area (Å²) in [6.45, 7) is 8.80. The second kappa shape index (κ2) is 5.56. The fraction of sp³-hybridized carbons (Fsp3) is 1.00. The fourth-order valence-electron chi connectivity index (χ4n) is 1.31. The van der Waals surface area contributed by atoms with E-state index in [0.717, 1.165) is 5.92 Å². The average Bonchev–Trinajstić information content (AvgIpc) is 1.85. The van der Waals surface area contributed by atoms with E-state index in [9.17, 15) is 0 Å². The molecule has 0 aliphatic rings. The first-order valence-corrected chi connectivity index (χ1v) is 4.43. The third-order valence-corrected chi connectivity index (χ3v) is 1.67. The zero-order valence-electron chi connectivity index (χ0n) is 8.09. The molecule has 68 valence electrons. The van der Waals surface area contributed by atoms with Gasteiger partial charge in [-0.25, -0.2) is 0 Å². The van der Waals surface area contributed by atoms with Crippen LogP contribution in [-0.2, 0) is 0 Å². The van der Waals surface area contributed by atoms with E-state index in [4.69, 9.17) is 5.11 Å². The van der Waals surface area contributed by atoms with Crippen LogP contribution < -0.4 is 5.32 Å². The zero-order chi connectivity index (χ0) is 8.85. The molecule has 0 aromatic carbocycles. The predicted molar refractivity (Wildman–Crippen MR) is 48.6 cm³/mol.